The number of hydrogen-bond donors (Lipinski definition) is 0. The molecule has 7 heteroatoms. The molecule has 0 saturated carbocycles. The summed E-state index contributed by atoms with van der Waals surface area (Å²) in [7, 11) is 2.12. The lowest BCUT2D eigenvalue weighted by molar-refractivity contribution is -0.134. The zero-order chi connectivity index (χ0) is 23.6. The Morgan fingerprint density at radius 2 is 1.97 bits per heavy atom. The van der Waals surface area contributed by atoms with Gasteiger partial charge in [0, 0.05) is 46.7 Å². The number of likely N-dealkylation sites (N-methyl/N-ethyl adjacent to an activating group) is 1. The summed E-state index contributed by atoms with van der Waals surface area (Å²) in [6, 6.07) is 10.5. The van der Waals surface area contributed by atoms with Crippen LogP contribution in [0.15, 0.2) is 48.0 Å². The second-order valence-corrected chi connectivity index (χ2v) is 11.2. The lowest BCUT2D eigenvalue weighted by Gasteiger charge is -2.40. The zero-order valence-corrected chi connectivity index (χ0v) is 21.2. The molecule has 1 aromatic carbocycles. The molecular formula is C27H27N3O2S2. The molecule has 2 atom stereocenters. The number of fused-ring (bicyclic) bond motifs is 3. The zero-order valence-electron chi connectivity index (χ0n) is 19.6. The maximum absolute atomic E-state index is 13.6. The number of carbonyl (C=O) groups excluding carboxylic acids is 2. The summed E-state index contributed by atoms with van der Waals surface area (Å²) >= 11 is 3.23. The Morgan fingerprint density at radius 3 is 2.74 bits per heavy atom. The highest BCUT2D eigenvalue weighted by Gasteiger charge is 2.37. The quantitative estimate of drug-likeness (QED) is 0.389. The van der Waals surface area contributed by atoms with Crippen molar-refractivity contribution in [2.24, 2.45) is 5.92 Å². The highest BCUT2D eigenvalue weighted by molar-refractivity contribution is 7.27. The topological polar surface area (TPSA) is 45.6 Å². The molecule has 34 heavy (non-hydrogen) atoms. The van der Waals surface area contributed by atoms with Crippen LogP contribution in [0.25, 0.3) is 25.9 Å². The number of amides is 1. The van der Waals surface area contributed by atoms with Gasteiger partial charge in [-0.25, -0.2) is 0 Å². The third-order valence-electron chi connectivity index (χ3n) is 7.35. The van der Waals surface area contributed by atoms with Gasteiger partial charge in [-0.3, -0.25) is 19.1 Å². The normalized spacial score (nSPS) is 19.9. The van der Waals surface area contributed by atoms with E-state index in [-0.39, 0.29) is 23.8 Å². The molecule has 0 saturated heterocycles. The second kappa shape index (κ2) is 8.18. The summed E-state index contributed by atoms with van der Waals surface area (Å²) in [5.41, 5.74) is 4.54. The van der Waals surface area contributed by atoms with Crippen LogP contribution in [0.2, 0.25) is 0 Å². The minimum Gasteiger partial charge on any atom is -0.343 e. The number of thiophene rings is 2. The number of rotatable bonds is 4. The van der Waals surface area contributed by atoms with Crippen LogP contribution in [0.5, 0.6) is 0 Å². The molecule has 2 aliphatic rings. The van der Waals surface area contributed by atoms with E-state index in [1.54, 1.807) is 22.7 Å². The van der Waals surface area contributed by atoms with Crippen molar-refractivity contribution >= 4 is 60.4 Å². The van der Waals surface area contributed by atoms with Crippen LogP contribution in [-0.2, 0) is 11.2 Å². The van der Waals surface area contributed by atoms with Crippen LogP contribution in [0.4, 0.5) is 0 Å². The fraction of sp³-hybridized carbons (Fsp3) is 0.333. The van der Waals surface area contributed by atoms with E-state index in [1.165, 1.54) is 11.1 Å². The van der Waals surface area contributed by atoms with Gasteiger partial charge in [-0.1, -0.05) is 18.2 Å². The molecule has 174 valence electrons. The summed E-state index contributed by atoms with van der Waals surface area (Å²) in [4.78, 5) is 31.7. The first-order chi connectivity index (χ1) is 16.5. The van der Waals surface area contributed by atoms with Gasteiger partial charge in [0.1, 0.15) is 0 Å². The maximum atomic E-state index is 13.6. The Kier molecular flexibility index (Phi) is 5.24. The summed E-state index contributed by atoms with van der Waals surface area (Å²) in [5.74, 6) is 0.0884. The number of carbonyl (C=O) groups is 2. The van der Waals surface area contributed by atoms with Gasteiger partial charge in [-0.2, -0.15) is 0 Å². The lowest BCUT2D eigenvalue weighted by Crippen LogP contribution is -2.47. The SMILES string of the molecule is CCN(CC)C(=O)[C@@H]1C=C2c3cccc4c3c(cn4C(=O)c3cc4sccc4s3)C[C@H]2N(C)C1. The molecule has 4 heterocycles. The number of nitrogens with zero attached hydrogens (tertiary/aromatic N) is 3. The van der Waals surface area contributed by atoms with E-state index in [0.29, 0.717) is 0 Å². The number of hydrogen-bond acceptors (Lipinski definition) is 5. The van der Waals surface area contributed by atoms with Crippen LogP contribution in [0.3, 0.4) is 0 Å². The first-order valence-corrected chi connectivity index (χ1v) is 13.6. The van der Waals surface area contributed by atoms with Crippen LogP contribution >= 0.6 is 22.7 Å². The Hall–Kier alpha value is -2.74. The van der Waals surface area contributed by atoms with Gasteiger partial charge >= 0.3 is 0 Å². The summed E-state index contributed by atoms with van der Waals surface area (Å²) < 4.78 is 4.16. The summed E-state index contributed by atoms with van der Waals surface area (Å²) in [5, 5.41) is 3.22. The van der Waals surface area contributed by atoms with E-state index in [0.717, 1.165) is 56.8 Å². The van der Waals surface area contributed by atoms with E-state index in [1.807, 2.05) is 47.7 Å². The molecule has 3 aromatic heterocycles. The molecule has 0 spiro atoms. The van der Waals surface area contributed by atoms with Crippen LogP contribution in [0.1, 0.15) is 34.6 Å². The first kappa shape index (κ1) is 21.8. The fourth-order valence-electron chi connectivity index (χ4n) is 5.64. The molecule has 0 unspecified atom stereocenters. The molecule has 5 nitrogen and oxygen atoms in total. The average molecular weight is 490 g/mol. The van der Waals surface area contributed by atoms with E-state index >= 15 is 0 Å². The standard InChI is InChI=1S/C27H27N3O2S2/c1-4-29(5-2)26(31)17-11-19-18-7-6-8-20-25(18)16(12-21(19)28(3)14-17)15-30(20)27(32)24-13-23-22(34-24)9-10-33-23/h6-11,13,15,17,21H,4-5,12,14H2,1-3H3/t17-,21-/m1/s1. The third kappa shape index (κ3) is 3.21. The minimum absolute atomic E-state index is 0.0311. The average Bonchev–Trinajstić information content (AvgIpc) is 3.54. The maximum Gasteiger partial charge on any atom is 0.272 e. The minimum atomic E-state index is -0.143. The van der Waals surface area contributed by atoms with Crippen molar-refractivity contribution in [1.29, 1.82) is 0 Å². The fourth-order valence-corrected chi connectivity index (χ4v) is 7.69. The van der Waals surface area contributed by atoms with Crippen LogP contribution < -0.4 is 0 Å². The summed E-state index contributed by atoms with van der Waals surface area (Å²) in [6.07, 6.45) is 5.10. The number of benzene rings is 1. The van der Waals surface area contributed by atoms with Gasteiger partial charge in [0.05, 0.1) is 16.3 Å². The molecule has 0 bridgehead atoms. The molecule has 4 aromatic rings. The first-order valence-electron chi connectivity index (χ1n) is 11.9. The van der Waals surface area contributed by atoms with E-state index in [4.69, 9.17) is 0 Å². The molecule has 6 rings (SSSR count). The molecule has 0 N–H and O–H groups in total. The van der Waals surface area contributed by atoms with Crippen molar-refractivity contribution in [3.05, 3.63) is 64.0 Å². The molecule has 0 radical (unpaired) electrons. The van der Waals surface area contributed by atoms with Crippen molar-refractivity contribution < 1.29 is 9.59 Å². The van der Waals surface area contributed by atoms with E-state index in [9.17, 15) is 9.59 Å². The van der Waals surface area contributed by atoms with Gasteiger partial charge in [-0.15, -0.1) is 22.7 Å². The van der Waals surface area contributed by atoms with Gasteiger partial charge in [0.15, 0.2) is 0 Å². The van der Waals surface area contributed by atoms with Crippen molar-refractivity contribution in [3.63, 3.8) is 0 Å². The lowest BCUT2D eigenvalue weighted by atomic mass is 9.79. The van der Waals surface area contributed by atoms with Gasteiger partial charge in [0.2, 0.25) is 5.91 Å². The van der Waals surface area contributed by atoms with Crippen molar-refractivity contribution in [2.75, 3.05) is 26.7 Å². The van der Waals surface area contributed by atoms with Crippen molar-refractivity contribution in [3.8, 4) is 0 Å². The smallest absolute Gasteiger partial charge is 0.272 e. The van der Waals surface area contributed by atoms with Gasteiger partial charge < -0.3 is 4.90 Å². The van der Waals surface area contributed by atoms with E-state index in [2.05, 4.69) is 35.5 Å². The highest BCUT2D eigenvalue weighted by atomic mass is 32.1. The van der Waals surface area contributed by atoms with Crippen LogP contribution in [0, 0.1) is 5.92 Å². The molecule has 1 aliphatic heterocycles. The third-order valence-corrected chi connectivity index (χ3v) is 9.43. The monoisotopic (exact) mass is 489 g/mol. The van der Waals surface area contributed by atoms with Crippen LogP contribution in [-0.4, -0.2) is 58.9 Å². The Balaban J connectivity index is 1.45. The predicted molar refractivity (Wildman–Crippen MR) is 141 cm³/mol. The largest absolute Gasteiger partial charge is 0.343 e. The molecular weight excluding hydrogens is 462 g/mol. The Bertz CT molecular complexity index is 1440. The summed E-state index contributed by atoms with van der Waals surface area (Å²) in [6.45, 7) is 6.25. The molecule has 1 aliphatic carbocycles. The van der Waals surface area contributed by atoms with Gasteiger partial charge in [-0.05, 0) is 67.6 Å². The van der Waals surface area contributed by atoms with Crippen molar-refractivity contribution in [1.82, 2.24) is 14.4 Å². The molecule has 0 fully saturated rings. The van der Waals surface area contributed by atoms with E-state index < -0.39 is 0 Å². The Labute approximate surface area is 206 Å². The Morgan fingerprint density at radius 1 is 1.15 bits per heavy atom. The number of aromatic nitrogens is 1. The molecule has 1 amide bonds. The van der Waals surface area contributed by atoms with Crippen molar-refractivity contribution in [2.45, 2.75) is 26.3 Å². The second-order valence-electron chi connectivity index (χ2n) is 9.19. The van der Waals surface area contributed by atoms with Gasteiger partial charge in [0.25, 0.3) is 5.91 Å². The highest BCUT2D eigenvalue weighted by Crippen LogP contribution is 2.42. The predicted octanol–water partition coefficient (Wildman–Crippen LogP) is 5.34.